The molecule has 0 fully saturated rings. The van der Waals surface area contributed by atoms with Crippen LogP contribution in [0.1, 0.15) is 57.9 Å². The summed E-state index contributed by atoms with van der Waals surface area (Å²) < 4.78 is 31.5. The summed E-state index contributed by atoms with van der Waals surface area (Å²) in [5.41, 5.74) is 0.790. The van der Waals surface area contributed by atoms with E-state index < -0.39 is 11.6 Å². The standard InChI is InChI=1S/C16H26F2OSi/c1-16(2,19-20)9-7-5-3-4-6-8-13-10-14(17)12-15(18)11-13/h10-12H,3-9H2,1-2,20H3. The van der Waals surface area contributed by atoms with Crippen molar-refractivity contribution in [2.45, 2.75) is 64.4 Å². The monoisotopic (exact) mass is 300 g/mol. The molecule has 0 aliphatic rings. The SMILES string of the molecule is CC(C)(CCCCCCCc1cc(F)cc(F)c1)O[SiH3]. The highest BCUT2D eigenvalue weighted by Gasteiger charge is 2.14. The lowest BCUT2D eigenvalue weighted by molar-refractivity contribution is 0.109. The van der Waals surface area contributed by atoms with E-state index in [4.69, 9.17) is 4.43 Å². The summed E-state index contributed by atoms with van der Waals surface area (Å²) >= 11 is 0. The van der Waals surface area contributed by atoms with Crippen molar-refractivity contribution in [1.29, 1.82) is 0 Å². The Hall–Kier alpha value is -0.743. The van der Waals surface area contributed by atoms with Gasteiger partial charge in [-0.1, -0.05) is 25.7 Å². The topological polar surface area (TPSA) is 9.23 Å². The third-order valence-electron chi connectivity index (χ3n) is 3.72. The van der Waals surface area contributed by atoms with E-state index in [9.17, 15) is 8.78 Å². The molecular weight excluding hydrogens is 274 g/mol. The van der Waals surface area contributed by atoms with Crippen LogP contribution in [-0.4, -0.2) is 16.1 Å². The Morgan fingerprint density at radius 2 is 1.50 bits per heavy atom. The highest BCUT2D eigenvalue weighted by molar-refractivity contribution is 5.98. The molecular formula is C16H26F2OSi. The Kier molecular flexibility index (Phi) is 7.38. The molecule has 20 heavy (non-hydrogen) atoms. The zero-order valence-electron chi connectivity index (χ0n) is 12.8. The minimum absolute atomic E-state index is 0.0331. The Labute approximate surface area is 124 Å². The van der Waals surface area contributed by atoms with Gasteiger partial charge in [0, 0.05) is 11.7 Å². The number of hydrogen-bond acceptors (Lipinski definition) is 1. The molecule has 0 atom stereocenters. The van der Waals surface area contributed by atoms with Crippen molar-refractivity contribution in [3.8, 4) is 0 Å². The van der Waals surface area contributed by atoms with Crippen LogP contribution in [0.5, 0.6) is 0 Å². The second kappa shape index (κ2) is 8.52. The van der Waals surface area contributed by atoms with Crippen LogP contribution in [0.15, 0.2) is 18.2 Å². The molecule has 4 heteroatoms. The molecule has 0 radical (unpaired) electrons. The molecule has 0 amide bonds. The fourth-order valence-electron chi connectivity index (χ4n) is 2.27. The molecule has 0 N–H and O–H groups in total. The van der Waals surface area contributed by atoms with Gasteiger partial charge in [-0.3, -0.25) is 0 Å². The zero-order valence-corrected chi connectivity index (χ0v) is 14.8. The summed E-state index contributed by atoms with van der Waals surface area (Å²) in [4.78, 5) is 0. The summed E-state index contributed by atoms with van der Waals surface area (Å²) in [5, 5.41) is 0. The van der Waals surface area contributed by atoms with Gasteiger partial charge >= 0.3 is 0 Å². The molecule has 0 heterocycles. The number of halogens is 2. The first-order valence-electron chi connectivity index (χ1n) is 7.43. The van der Waals surface area contributed by atoms with Crippen LogP contribution < -0.4 is 0 Å². The van der Waals surface area contributed by atoms with E-state index in [0.29, 0.717) is 0 Å². The molecule has 0 bridgehead atoms. The lowest BCUT2D eigenvalue weighted by Gasteiger charge is -2.23. The normalized spacial score (nSPS) is 12.0. The molecule has 0 saturated carbocycles. The Morgan fingerprint density at radius 1 is 0.950 bits per heavy atom. The minimum atomic E-state index is -0.481. The van der Waals surface area contributed by atoms with Gasteiger partial charge in [-0.05, 0) is 50.8 Å². The molecule has 1 aromatic carbocycles. The summed E-state index contributed by atoms with van der Waals surface area (Å²) in [6.07, 6.45) is 7.52. The number of aryl methyl sites for hydroxylation is 1. The number of hydrogen-bond donors (Lipinski definition) is 0. The van der Waals surface area contributed by atoms with Crippen LogP contribution in [0.4, 0.5) is 8.78 Å². The maximum Gasteiger partial charge on any atom is 0.146 e. The van der Waals surface area contributed by atoms with Crippen LogP contribution in [0.25, 0.3) is 0 Å². The van der Waals surface area contributed by atoms with Crippen LogP contribution in [0.2, 0.25) is 0 Å². The van der Waals surface area contributed by atoms with Crippen molar-refractivity contribution < 1.29 is 13.2 Å². The molecule has 114 valence electrons. The predicted octanol–water partition coefficient (Wildman–Crippen LogP) is 3.92. The van der Waals surface area contributed by atoms with Crippen molar-refractivity contribution in [1.82, 2.24) is 0 Å². The fraction of sp³-hybridized carbons (Fsp3) is 0.625. The molecule has 1 aromatic rings. The average Bonchev–Trinajstić information content (AvgIpc) is 2.36. The van der Waals surface area contributed by atoms with Crippen LogP contribution in [0, 0.1) is 11.6 Å². The lowest BCUT2D eigenvalue weighted by Crippen LogP contribution is -2.22. The lowest BCUT2D eigenvalue weighted by atomic mass is 9.99. The second-order valence-corrected chi connectivity index (χ2v) is 6.42. The first-order valence-corrected chi connectivity index (χ1v) is 8.25. The molecule has 1 nitrogen and oxygen atoms in total. The summed E-state index contributed by atoms with van der Waals surface area (Å²) in [6.45, 7) is 4.27. The molecule has 0 saturated heterocycles. The molecule has 1 rings (SSSR count). The Bertz CT molecular complexity index is 387. The van der Waals surface area contributed by atoms with Gasteiger partial charge in [0.1, 0.15) is 22.1 Å². The van der Waals surface area contributed by atoms with E-state index in [0.717, 1.165) is 47.8 Å². The second-order valence-electron chi connectivity index (χ2n) is 6.01. The van der Waals surface area contributed by atoms with E-state index in [1.807, 2.05) is 0 Å². The van der Waals surface area contributed by atoms with E-state index >= 15 is 0 Å². The van der Waals surface area contributed by atoms with Gasteiger partial charge in [-0.2, -0.15) is 0 Å². The largest absolute Gasteiger partial charge is 0.423 e. The fourth-order valence-corrected chi connectivity index (χ4v) is 2.47. The van der Waals surface area contributed by atoms with Gasteiger partial charge in [0.25, 0.3) is 0 Å². The quantitative estimate of drug-likeness (QED) is 0.496. The Morgan fingerprint density at radius 3 is 2.10 bits per heavy atom. The summed E-state index contributed by atoms with van der Waals surface area (Å²) in [5.74, 6) is -0.962. The zero-order chi connectivity index (χ0) is 15.0. The van der Waals surface area contributed by atoms with Gasteiger partial charge in [-0.15, -0.1) is 0 Å². The highest BCUT2D eigenvalue weighted by Crippen LogP contribution is 2.18. The van der Waals surface area contributed by atoms with Crippen LogP contribution in [-0.2, 0) is 10.8 Å². The molecule has 0 aliphatic carbocycles. The van der Waals surface area contributed by atoms with E-state index in [-0.39, 0.29) is 5.60 Å². The van der Waals surface area contributed by atoms with Crippen molar-refractivity contribution >= 4 is 10.5 Å². The molecule has 0 spiro atoms. The van der Waals surface area contributed by atoms with E-state index in [2.05, 4.69) is 13.8 Å². The number of rotatable bonds is 9. The van der Waals surface area contributed by atoms with E-state index in [1.165, 1.54) is 31.4 Å². The molecule has 0 aromatic heterocycles. The molecule has 0 unspecified atom stereocenters. The van der Waals surface area contributed by atoms with Crippen molar-refractivity contribution in [2.24, 2.45) is 0 Å². The van der Waals surface area contributed by atoms with Crippen molar-refractivity contribution in [3.63, 3.8) is 0 Å². The summed E-state index contributed by atoms with van der Waals surface area (Å²) in [6, 6.07) is 3.77. The van der Waals surface area contributed by atoms with Gasteiger partial charge in [0.05, 0.1) is 0 Å². The van der Waals surface area contributed by atoms with Gasteiger partial charge < -0.3 is 4.43 Å². The van der Waals surface area contributed by atoms with Gasteiger partial charge in [0.15, 0.2) is 0 Å². The number of benzene rings is 1. The van der Waals surface area contributed by atoms with Crippen molar-refractivity contribution in [2.75, 3.05) is 0 Å². The van der Waals surface area contributed by atoms with Crippen LogP contribution >= 0.6 is 0 Å². The predicted molar refractivity (Wildman–Crippen MR) is 82.9 cm³/mol. The maximum atomic E-state index is 13.0. The summed E-state index contributed by atoms with van der Waals surface area (Å²) in [7, 11) is 0.790. The smallest absolute Gasteiger partial charge is 0.146 e. The Balaban J connectivity index is 2.10. The highest BCUT2D eigenvalue weighted by atomic mass is 28.2. The van der Waals surface area contributed by atoms with Gasteiger partial charge in [0.2, 0.25) is 0 Å². The third kappa shape index (κ3) is 7.15. The third-order valence-corrected chi connectivity index (χ3v) is 4.82. The maximum absolute atomic E-state index is 13.0. The van der Waals surface area contributed by atoms with E-state index in [1.54, 1.807) is 0 Å². The van der Waals surface area contributed by atoms with Crippen molar-refractivity contribution in [3.05, 3.63) is 35.4 Å². The number of unbranched alkanes of at least 4 members (excludes halogenated alkanes) is 4. The minimum Gasteiger partial charge on any atom is -0.423 e. The first kappa shape index (κ1) is 17.3. The molecule has 0 aliphatic heterocycles. The average molecular weight is 300 g/mol. The van der Waals surface area contributed by atoms with Crippen LogP contribution in [0.3, 0.4) is 0 Å². The first-order chi connectivity index (χ1) is 9.43. The van der Waals surface area contributed by atoms with Gasteiger partial charge in [-0.25, -0.2) is 8.78 Å².